The normalized spacial score (nSPS) is 11.9. The third-order valence-electron chi connectivity index (χ3n) is 2.40. The van der Waals surface area contributed by atoms with Crippen LogP contribution in [-0.4, -0.2) is 47.0 Å². The molecule has 0 aliphatic rings. The number of ether oxygens (including phenoxy) is 1. The fraction of sp³-hybridized carbons (Fsp3) is 1.00. The number of nitrogens with one attached hydrogen (secondary N) is 2. The molecule has 0 aliphatic heterocycles. The molecule has 0 heterocycles. The highest BCUT2D eigenvalue weighted by Gasteiger charge is 2.08. The Hall–Kier alpha value is -0.170. The van der Waals surface area contributed by atoms with E-state index in [1.807, 2.05) is 6.92 Å². The second-order valence-electron chi connectivity index (χ2n) is 4.24. The average Bonchev–Trinajstić information content (AvgIpc) is 2.33. The van der Waals surface area contributed by atoms with Crippen molar-refractivity contribution in [3.63, 3.8) is 0 Å². The van der Waals surface area contributed by atoms with Crippen LogP contribution in [-0.2, 0) is 14.8 Å². The Kier molecular flexibility index (Phi) is 11.8. The van der Waals surface area contributed by atoms with E-state index in [-0.39, 0.29) is 5.75 Å². The fourth-order valence-electron chi connectivity index (χ4n) is 1.44. The van der Waals surface area contributed by atoms with Gasteiger partial charge in [-0.3, -0.25) is 0 Å². The minimum absolute atomic E-state index is 0.216. The zero-order valence-electron chi connectivity index (χ0n) is 11.7. The minimum atomic E-state index is -3.09. The van der Waals surface area contributed by atoms with Crippen molar-refractivity contribution in [2.75, 3.05) is 38.6 Å². The van der Waals surface area contributed by atoms with Gasteiger partial charge >= 0.3 is 0 Å². The Morgan fingerprint density at radius 3 is 2.44 bits per heavy atom. The van der Waals surface area contributed by atoms with Crippen molar-refractivity contribution in [3.05, 3.63) is 0 Å². The lowest BCUT2D eigenvalue weighted by atomic mass is 10.3. The Balaban J connectivity index is 3.43. The predicted molar refractivity (Wildman–Crippen MR) is 75.3 cm³/mol. The topological polar surface area (TPSA) is 67.4 Å². The van der Waals surface area contributed by atoms with Gasteiger partial charge in [-0.05, 0) is 38.8 Å². The summed E-state index contributed by atoms with van der Waals surface area (Å²) in [4.78, 5) is 0. The molecule has 0 spiro atoms. The van der Waals surface area contributed by atoms with Gasteiger partial charge < -0.3 is 10.1 Å². The first-order chi connectivity index (χ1) is 8.62. The third kappa shape index (κ3) is 12.3. The number of rotatable bonds is 13. The molecule has 2 N–H and O–H groups in total. The van der Waals surface area contributed by atoms with E-state index in [1.54, 1.807) is 0 Å². The van der Waals surface area contributed by atoms with Crippen LogP contribution < -0.4 is 10.0 Å². The first-order valence-corrected chi connectivity index (χ1v) is 8.53. The molecule has 0 fully saturated rings. The van der Waals surface area contributed by atoms with Crippen LogP contribution in [0.1, 0.15) is 39.5 Å². The van der Waals surface area contributed by atoms with E-state index in [0.29, 0.717) is 19.6 Å². The van der Waals surface area contributed by atoms with Gasteiger partial charge in [0.1, 0.15) is 0 Å². The van der Waals surface area contributed by atoms with Crippen molar-refractivity contribution in [3.8, 4) is 0 Å². The Morgan fingerprint density at radius 2 is 1.78 bits per heavy atom. The van der Waals surface area contributed by atoms with Crippen LogP contribution in [0.25, 0.3) is 0 Å². The SMILES string of the molecule is CCCOCCCNS(=O)(=O)CCCCNCC. The van der Waals surface area contributed by atoms with Gasteiger partial charge in [-0.1, -0.05) is 13.8 Å². The highest BCUT2D eigenvalue weighted by atomic mass is 32.2. The molecule has 0 aromatic carbocycles. The summed E-state index contributed by atoms with van der Waals surface area (Å²) in [5.41, 5.74) is 0. The maximum atomic E-state index is 11.6. The quantitative estimate of drug-likeness (QED) is 0.496. The third-order valence-corrected chi connectivity index (χ3v) is 3.87. The van der Waals surface area contributed by atoms with Crippen LogP contribution >= 0.6 is 0 Å². The van der Waals surface area contributed by atoms with E-state index in [0.717, 1.165) is 39.0 Å². The van der Waals surface area contributed by atoms with Gasteiger partial charge in [0.15, 0.2) is 0 Å². The second kappa shape index (κ2) is 11.9. The summed E-state index contributed by atoms with van der Waals surface area (Å²) in [5.74, 6) is 0.216. The fourth-order valence-corrected chi connectivity index (χ4v) is 2.62. The number of hydrogen-bond donors (Lipinski definition) is 2. The standard InChI is InChI=1S/C12H28N2O3S/c1-3-10-17-11-7-9-14-18(15,16)12-6-5-8-13-4-2/h13-14H,3-12H2,1-2H3. The van der Waals surface area contributed by atoms with Crippen LogP contribution in [0.15, 0.2) is 0 Å². The lowest BCUT2D eigenvalue weighted by Gasteiger charge is -2.07. The van der Waals surface area contributed by atoms with Crippen molar-refractivity contribution >= 4 is 10.0 Å². The van der Waals surface area contributed by atoms with E-state index in [4.69, 9.17) is 4.74 Å². The lowest BCUT2D eigenvalue weighted by Crippen LogP contribution is -2.28. The van der Waals surface area contributed by atoms with Crippen LogP contribution in [0, 0.1) is 0 Å². The molecule has 0 atom stereocenters. The van der Waals surface area contributed by atoms with Crippen molar-refractivity contribution in [2.24, 2.45) is 0 Å². The monoisotopic (exact) mass is 280 g/mol. The molecule has 0 saturated carbocycles. The Labute approximate surface area is 112 Å². The van der Waals surface area contributed by atoms with Gasteiger partial charge in [0, 0.05) is 19.8 Å². The average molecular weight is 280 g/mol. The predicted octanol–water partition coefficient (Wildman–Crippen LogP) is 1.11. The maximum absolute atomic E-state index is 11.6. The van der Waals surface area contributed by atoms with Gasteiger partial charge in [0.05, 0.1) is 5.75 Å². The Morgan fingerprint density at radius 1 is 1.00 bits per heavy atom. The molecular formula is C12H28N2O3S. The molecule has 0 aromatic heterocycles. The summed E-state index contributed by atoms with van der Waals surface area (Å²) in [6.07, 6.45) is 3.33. The van der Waals surface area contributed by atoms with Crippen LogP contribution in [0.5, 0.6) is 0 Å². The summed E-state index contributed by atoms with van der Waals surface area (Å²) in [7, 11) is -3.09. The van der Waals surface area contributed by atoms with E-state index < -0.39 is 10.0 Å². The van der Waals surface area contributed by atoms with Gasteiger partial charge in [-0.25, -0.2) is 13.1 Å². The van der Waals surface area contributed by atoms with E-state index >= 15 is 0 Å². The number of unbranched alkanes of at least 4 members (excludes halogenated alkanes) is 1. The van der Waals surface area contributed by atoms with Crippen LogP contribution in [0.2, 0.25) is 0 Å². The van der Waals surface area contributed by atoms with Crippen LogP contribution in [0.3, 0.4) is 0 Å². The molecule has 0 amide bonds. The largest absolute Gasteiger partial charge is 0.381 e. The first kappa shape index (κ1) is 17.8. The summed E-state index contributed by atoms with van der Waals surface area (Å²) in [6.45, 7) is 7.75. The summed E-state index contributed by atoms with van der Waals surface area (Å²) < 4.78 is 31.0. The lowest BCUT2D eigenvalue weighted by molar-refractivity contribution is 0.133. The van der Waals surface area contributed by atoms with Gasteiger partial charge in [0.2, 0.25) is 10.0 Å². The summed E-state index contributed by atoms with van der Waals surface area (Å²) >= 11 is 0. The van der Waals surface area contributed by atoms with Crippen LogP contribution in [0.4, 0.5) is 0 Å². The molecule has 0 unspecified atom stereocenters. The molecule has 0 radical (unpaired) electrons. The highest BCUT2D eigenvalue weighted by Crippen LogP contribution is 1.94. The van der Waals surface area contributed by atoms with E-state index in [9.17, 15) is 8.42 Å². The molecule has 18 heavy (non-hydrogen) atoms. The molecule has 0 aliphatic carbocycles. The first-order valence-electron chi connectivity index (χ1n) is 6.88. The molecule has 0 aromatic rings. The molecule has 0 rings (SSSR count). The van der Waals surface area contributed by atoms with Gasteiger partial charge in [0.25, 0.3) is 0 Å². The molecule has 0 saturated heterocycles. The molecule has 6 heteroatoms. The zero-order valence-corrected chi connectivity index (χ0v) is 12.5. The van der Waals surface area contributed by atoms with Gasteiger partial charge in [-0.2, -0.15) is 0 Å². The highest BCUT2D eigenvalue weighted by molar-refractivity contribution is 7.89. The summed E-state index contributed by atoms with van der Waals surface area (Å²) in [5, 5.41) is 3.17. The number of sulfonamides is 1. The Bertz CT molecular complexity index is 268. The van der Waals surface area contributed by atoms with Crippen molar-refractivity contribution in [2.45, 2.75) is 39.5 Å². The van der Waals surface area contributed by atoms with E-state index in [2.05, 4.69) is 17.0 Å². The van der Waals surface area contributed by atoms with Crippen molar-refractivity contribution < 1.29 is 13.2 Å². The zero-order chi connectivity index (χ0) is 13.7. The molecule has 5 nitrogen and oxygen atoms in total. The number of hydrogen-bond acceptors (Lipinski definition) is 4. The van der Waals surface area contributed by atoms with Crippen molar-refractivity contribution in [1.29, 1.82) is 0 Å². The summed E-state index contributed by atoms with van der Waals surface area (Å²) in [6, 6.07) is 0. The second-order valence-corrected chi connectivity index (χ2v) is 6.17. The molecular weight excluding hydrogens is 252 g/mol. The molecule has 0 bridgehead atoms. The molecule has 110 valence electrons. The maximum Gasteiger partial charge on any atom is 0.211 e. The minimum Gasteiger partial charge on any atom is -0.381 e. The van der Waals surface area contributed by atoms with Gasteiger partial charge in [-0.15, -0.1) is 0 Å². The smallest absolute Gasteiger partial charge is 0.211 e. The van der Waals surface area contributed by atoms with Crippen molar-refractivity contribution in [1.82, 2.24) is 10.0 Å². The van der Waals surface area contributed by atoms with E-state index in [1.165, 1.54) is 0 Å².